The van der Waals surface area contributed by atoms with Gasteiger partial charge < -0.3 is 10.2 Å². The van der Waals surface area contributed by atoms with Gasteiger partial charge in [-0.2, -0.15) is 0 Å². The first kappa shape index (κ1) is 14.9. The monoisotopic (exact) mass is 285 g/mol. The molecule has 2 rings (SSSR count). The summed E-state index contributed by atoms with van der Waals surface area (Å²) in [7, 11) is 3.76. The van der Waals surface area contributed by atoms with E-state index < -0.39 is 0 Å². The standard InChI is InChI=1S/C15H19N5O/c1-9-6-10(2)18-11(3)14(9)15(21)19-12-7-13(20(4)5)17-8-16-12/h6-8H,1-5H3,(H,16,17,19,21). The van der Waals surface area contributed by atoms with Crippen LogP contribution in [0.2, 0.25) is 0 Å². The van der Waals surface area contributed by atoms with Crippen molar-refractivity contribution in [1.29, 1.82) is 0 Å². The summed E-state index contributed by atoms with van der Waals surface area (Å²) >= 11 is 0. The molecule has 0 aliphatic heterocycles. The lowest BCUT2D eigenvalue weighted by molar-refractivity contribution is 0.102. The summed E-state index contributed by atoms with van der Waals surface area (Å²) in [6, 6.07) is 3.62. The topological polar surface area (TPSA) is 71.0 Å². The van der Waals surface area contributed by atoms with E-state index in [2.05, 4.69) is 20.3 Å². The quantitative estimate of drug-likeness (QED) is 0.935. The zero-order valence-electron chi connectivity index (χ0n) is 12.9. The summed E-state index contributed by atoms with van der Waals surface area (Å²) in [5, 5.41) is 2.80. The highest BCUT2D eigenvalue weighted by Gasteiger charge is 2.15. The van der Waals surface area contributed by atoms with Crippen LogP contribution in [-0.4, -0.2) is 35.0 Å². The average molecular weight is 285 g/mol. The average Bonchev–Trinajstić information content (AvgIpc) is 2.37. The molecule has 1 N–H and O–H groups in total. The van der Waals surface area contributed by atoms with Crippen LogP contribution in [0.25, 0.3) is 0 Å². The van der Waals surface area contributed by atoms with Crippen LogP contribution in [0.3, 0.4) is 0 Å². The molecule has 0 atom stereocenters. The Kier molecular flexibility index (Phi) is 4.16. The number of amides is 1. The molecule has 21 heavy (non-hydrogen) atoms. The summed E-state index contributed by atoms with van der Waals surface area (Å²) in [4.78, 5) is 26.8. The molecule has 6 nitrogen and oxygen atoms in total. The van der Waals surface area contributed by atoms with Gasteiger partial charge in [0.1, 0.15) is 18.0 Å². The Bertz CT molecular complexity index is 659. The first-order chi connectivity index (χ1) is 9.88. The van der Waals surface area contributed by atoms with E-state index in [-0.39, 0.29) is 5.91 Å². The van der Waals surface area contributed by atoms with Crippen LogP contribution in [0, 0.1) is 20.8 Å². The van der Waals surface area contributed by atoms with Crippen molar-refractivity contribution in [2.75, 3.05) is 24.3 Å². The van der Waals surface area contributed by atoms with E-state index in [0.717, 1.165) is 17.1 Å². The minimum atomic E-state index is -0.207. The molecular formula is C15H19N5O. The normalized spacial score (nSPS) is 10.3. The third kappa shape index (κ3) is 3.34. The Morgan fingerprint density at radius 3 is 2.48 bits per heavy atom. The fourth-order valence-electron chi connectivity index (χ4n) is 2.21. The molecule has 0 saturated heterocycles. The van der Waals surface area contributed by atoms with Crippen molar-refractivity contribution < 1.29 is 4.79 Å². The van der Waals surface area contributed by atoms with Crippen molar-refractivity contribution in [2.24, 2.45) is 0 Å². The molecule has 0 aromatic carbocycles. The number of carbonyl (C=O) groups is 1. The first-order valence-electron chi connectivity index (χ1n) is 6.64. The Hall–Kier alpha value is -2.50. The van der Waals surface area contributed by atoms with Crippen molar-refractivity contribution in [1.82, 2.24) is 15.0 Å². The highest BCUT2D eigenvalue weighted by molar-refractivity contribution is 6.05. The second kappa shape index (κ2) is 5.87. The van der Waals surface area contributed by atoms with Crippen LogP contribution >= 0.6 is 0 Å². The van der Waals surface area contributed by atoms with Gasteiger partial charge in [-0.3, -0.25) is 9.78 Å². The van der Waals surface area contributed by atoms with Crippen LogP contribution in [0.4, 0.5) is 11.6 Å². The van der Waals surface area contributed by atoms with Gasteiger partial charge in [0.05, 0.1) is 11.3 Å². The molecule has 2 heterocycles. The lowest BCUT2D eigenvalue weighted by Crippen LogP contribution is -2.18. The molecule has 1 amide bonds. The summed E-state index contributed by atoms with van der Waals surface area (Å²) < 4.78 is 0. The largest absolute Gasteiger partial charge is 0.363 e. The maximum absolute atomic E-state index is 12.4. The molecular weight excluding hydrogens is 266 g/mol. The van der Waals surface area contributed by atoms with Crippen LogP contribution in [0.5, 0.6) is 0 Å². The van der Waals surface area contributed by atoms with Gasteiger partial charge in [0.25, 0.3) is 5.91 Å². The van der Waals surface area contributed by atoms with E-state index >= 15 is 0 Å². The second-order valence-corrected chi connectivity index (χ2v) is 5.15. The third-order valence-corrected chi connectivity index (χ3v) is 3.11. The fraction of sp³-hybridized carbons (Fsp3) is 0.333. The van der Waals surface area contributed by atoms with Gasteiger partial charge in [0, 0.05) is 25.9 Å². The van der Waals surface area contributed by atoms with Gasteiger partial charge in [0.15, 0.2) is 0 Å². The van der Waals surface area contributed by atoms with E-state index in [1.807, 2.05) is 45.8 Å². The Balaban J connectivity index is 2.28. The zero-order valence-corrected chi connectivity index (χ0v) is 12.9. The molecule has 2 aromatic heterocycles. The molecule has 0 radical (unpaired) electrons. The van der Waals surface area contributed by atoms with Gasteiger partial charge in [-0.1, -0.05) is 0 Å². The molecule has 110 valence electrons. The predicted molar refractivity (Wildman–Crippen MR) is 82.8 cm³/mol. The first-order valence-corrected chi connectivity index (χ1v) is 6.64. The third-order valence-electron chi connectivity index (χ3n) is 3.11. The maximum Gasteiger partial charge on any atom is 0.258 e. The van der Waals surface area contributed by atoms with Crippen molar-refractivity contribution in [3.05, 3.63) is 41.0 Å². The smallest absolute Gasteiger partial charge is 0.258 e. The summed E-state index contributed by atoms with van der Waals surface area (Å²) in [5.41, 5.74) is 3.11. The number of nitrogens with one attached hydrogen (secondary N) is 1. The highest BCUT2D eigenvalue weighted by atomic mass is 16.1. The highest BCUT2D eigenvalue weighted by Crippen LogP contribution is 2.16. The number of aryl methyl sites for hydroxylation is 3. The molecule has 0 aliphatic carbocycles. The van der Waals surface area contributed by atoms with Crippen molar-refractivity contribution in [3.8, 4) is 0 Å². The van der Waals surface area contributed by atoms with Crippen molar-refractivity contribution in [3.63, 3.8) is 0 Å². The van der Waals surface area contributed by atoms with Gasteiger partial charge in [0.2, 0.25) is 0 Å². The van der Waals surface area contributed by atoms with Gasteiger partial charge in [-0.05, 0) is 32.4 Å². The van der Waals surface area contributed by atoms with Crippen LogP contribution in [-0.2, 0) is 0 Å². The van der Waals surface area contributed by atoms with Crippen molar-refractivity contribution >= 4 is 17.5 Å². The summed E-state index contributed by atoms with van der Waals surface area (Å²) in [6.45, 7) is 5.65. The van der Waals surface area contributed by atoms with Crippen LogP contribution < -0.4 is 10.2 Å². The number of nitrogens with zero attached hydrogens (tertiary/aromatic N) is 4. The van der Waals surface area contributed by atoms with Gasteiger partial charge in [-0.15, -0.1) is 0 Å². The fourth-order valence-corrected chi connectivity index (χ4v) is 2.21. The number of aromatic nitrogens is 3. The Morgan fingerprint density at radius 2 is 1.86 bits per heavy atom. The van der Waals surface area contributed by atoms with Crippen molar-refractivity contribution in [2.45, 2.75) is 20.8 Å². The number of pyridine rings is 1. The molecule has 6 heteroatoms. The molecule has 0 aliphatic rings. The molecule has 0 spiro atoms. The Labute approximate surface area is 124 Å². The maximum atomic E-state index is 12.4. The molecule has 0 bridgehead atoms. The number of hydrogen-bond acceptors (Lipinski definition) is 5. The zero-order chi connectivity index (χ0) is 15.6. The van der Waals surface area contributed by atoms with Crippen LogP contribution in [0.1, 0.15) is 27.3 Å². The predicted octanol–water partition coefficient (Wildman–Crippen LogP) is 2.12. The lowest BCUT2D eigenvalue weighted by Gasteiger charge is -2.13. The van der Waals surface area contributed by atoms with Gasteiger partial charge in [-0.25, -0.2) is 9.97 Å². The number of carbonyl (C=O) groups excluding carboxylic acids is 1. The summed E-state index contributed by atoms with van der Waals surface area (Å²) in [5.74, 6) is 0.995. The number of anilines is 2. The molecule has 2 aromatic rings. The lowest BCUT2D eigenvalue weighted by atomic mass is 10.1. The van der Waals surface area contributed by atoms with E-state index in [0.29, 0.717) is 17.1 Å². The summed E-state index contributed by atoms with van der Waals surface area (Å²) in [6.07, 6.45) is 1.43. The van der Waals surface area contributed by atoms with E-state index in [1.54, 1.807) is 6.07 Å². The second-order valence-electron chi connectivity index (χ2n) is 5.15. The molecule has 0 fully saturated rings. The minimum Gasteiger partial charge on any atom is -0.363 e. The Morgan fingerprint density at radius 1 is 1.14 bits per heavy atom. The van der Waals surface area contributed by atoms with Crippen LogP contribution in [0.15, 0.2) is 18.5 Å². The molecule has 0 saturated carbocycles. The SMILES string of the molecule is Cc1cc(C)c(C(=O)Nc2cc(N(C)C)ncn2)c(C)n1. The van der Waals surface area contributed by atoms with E-state index in [4.69, 9.17) is 0 Å². The number of hydrogen-bond donors (Lipinski definition) is 1. The minimum absolute atomic E-state index is 0.207. The number of rotatable bonds is 3. The molecule has 0 unspecified atom stereocenters. The van der Waals surface area contributed by atoms with E-state index in [1.165, 1.54) is 6.33 Å². The van der Waals surface area contributed by atoms with Gasteiger partial charge >= 0.3 is 0 Å². The van der Waals surface area contributed by atoms with E-state index in [9.17, 15) is 4.79 Å².